The van der Waals surface area contributed by atoms with Crippen LogP contribution in [0.5, 0.6) is 0 Å². The highest BCUT2D eigenvalue weighted by molar-refractivity contribution is 6.90. The van der Waals surface area contributed by atoms with Crippen LogP contribution in [0.1, 0.15) is 0 Å². The fraction of sp³-hybridized carbons (Fsp3) is 0.158. The maximum atomic E-state index is 18.8. The van der Waals surface area contributed by atoms with Crippen LogP contribution in [0.4, 0.5) is 42.9 Å². The molecule has 0 aliphatic rings. The van der Waals surface area contributed by atoms with Gasteiger partial charge in [-0.2, -0.15) is 0 Å². The number of nitrogens with zero attached hydrogens (tertiary/aromatic N) is 2. The van der Waals surface area contributed by atoms with E-state index in [0.29, 0.717) is 22.5 Å². The first-order valence-electron chi connectivity index (χ1n) is 29.5. The predicted molar refractivity (Wildman–Crippen MR) is 373 cm³/mol. The number of hydrogen-bond donors (Lipinski definition) is 0. The predicted octanol–water partition coefficient (Wildman–Crippen LogP) is 20.7. The van der Waals surface area contributed by atoms with Crippen LogP contribution in [0.3, 0.4) is 0 Å². The van der Waals surface area contributed by atoms with Crippen molar-refractivity contribution in [1.82, 2.24) is 0 Å². The fourth-order valence-corrected chi connectivity index (χ4v) is 16.8. The van der Waals surface area contributed by atoms with Crippen LogP contribution in [-0.2, 0) is 0 Å². The van der Waals surface area contributed by atoms with Gasteiger partial charge >= 0.3 is 0 Å². The van der Waals surface area contributed by atoms with Gasteiger partial charge in [0.25, 0.3) is 0 Å². The van der Waals surface area contributed by atoms with Crippen molar-refractivity contribution in [3.63, 3.8) is 0 Å². The second-order valence-corrected chi connectivity index (χ2v) is 47.2. The summed E-state index contributed by atoms with van der Waals surface area (Å²) in [6.07, 6.45) is 0. The highest BCUT2D eigenvalue weighted by atomic mass is 28.3. The summed E-state index contributed by atoms with van der Waals surface area (Å²) >= 11 is 0. The molecule has 0 heterocycles. The Hall–Kier alpha value is -7.99. The van der Waals surface area contributed by atoms with Crippen LogP contribution >= 0.6 is 0 Å². The van der Waals surface area contributed by atoms with E-state index < -0.39 is 32.3 Å². The monoisotopic (exact) mass is 1160 g/mol. The normalized spacial score (nSPS) is 12.4. The van der Waals surface area contributed by atoms with Gasteiger partial charge in [0.15, 0.2) is 11.6 Å². The minimum Gasteiger partial charge on any atom is -0.307 e. The van der Waals surface area contributed by atoms with Crippen LogP contribution in [0.2, 0.25) is 78.6 Å². The molecule has 0 radical (unpaired) electrons. The van der Waals surface area contributed by atoms with Crippen molar-refractivity contribution >= 4 is 119 Å². The van der Waals surface area contributed by atoms with Crippen molar-refractivity contribution < 1.29 is 8.78 Å². The minimum atomic E-state index is -1.65. The van der Waals surface area contributed by atoms with Gasteiger partial charge in [-0.3, -0.25) is 0 Å². The lowest BCUT2D eigenvalue weighted by Gasteiger charge is -2.32. The van der Waals surface area contributed by atoms with E-state index in [9.17, 15) is 0 Å². The highest BCUT2D eigenvalue weighted by Crippen LogP contribution is 2.52. The molecule has 0 aromatic heterocycles. The first-order chi connectivity index (χ1) is 40.0. The molecular weight excluding hydrogens is 1090 g/mol. The van der Waals surface area contributed by atoms with Crippen molar-refractivity contribution in [2.24, 2.45) is 0 Å². The Balaban J connectivity index is 1.12. The molecule has 84 heavy (non-hydrogen) atoms. The molecule has 0 aliphatic heterocycles. The molecule has 0 aliphatic carbocycles. The largest absolute Gasteiger partial charge is 0.307 e. The number of hydrogen-bond acceptors (Lipinski definition) is 2. The molecule has 2 nitrogen and oxygen atoms in total. The van der Waals surface area contributed by atoms with Gasteiger partial charge in [-0.1, -0.05) is 293 Å². The molecule has 8 heteroatoms. The summed E-state index contributed by atoms with van der Waals surface area (Å²) in [6, 6.07) is 81.0. The van der Waals surface area contributed by atoms with Crippen LogP contribution in [-0.4, -0.2) is 32.3 Å². The summed E-state index contributed by atoms with van der Waals surface area (Å²) < 4.78 is 37.6. The molecule has 0 amide bonds. The van der Waals surface area contributed by atoms with E-state index in [1.807, 2.05) is 48.5 Å². The third kappa shape index (κ3) is 10.5. The molecule has 0 saturated heterocycles. The lowest BCUT2D eigenvalue weighted by atomic mass is 9.90. The zero-order chi connectivity index (χ0) is 59.0. The molecule has 12 aromatic rings. The Morgan fingerprint density at radius 2 is 0.524 bits per heavy atom. The molecule has 0 fully saturated rings. The van der Waals surface area contributed by atoms with Gasteiger partial charge in [-0.15, -0.1) is 0 Å². The number of anilines is 6. The molecule has 0 atom stereocenters. The van der Waals surface area contributed by atoms with Gasteiger partial charge in [0.05, 0.1) is 55.0 Å². The summed E-state index contributed by atoms with van der Waals surface area (Å²) in [5.74, 6) is -0.583. The summed E-state index contributed by atoms with van der Waals surface area (Å²) in [6.45, 7) is 28.2. The van der Waals surface area contributed by atoms with E-state index in [1.165, 1.54) is 20.7 Å². The van der Waals surface area contributed by atoms with Crippen molar-refractivity contribution in [2.45, 2.75) is 78.6 Å². The minimum absolute atomic E-state index is 0.292. The molecule has 12 rings (SSSR count). The molecule has 0 saturated carbocycles. The lowest BCUT2D eigenvalue weighted by molar-refractivity contribution is 0.632. The van der Waals surface area contributed by atoms with Crippen LogP contribution in [0.25, 0.3) is 76.8 Å². The first kappa shape index (κ1) is 56.5. The average Bonchev–Trinajstić information content (AvgIpc) is 0.875. The second kappa shape index (κ2) is 21.6. The Kier molecular flexibility index (Phi) is 14.5. The number of benzene rings is 12. The van der Waals surface area contributed by atoms with Crippen molar-refractivity contribution in [3.8, 4) is 44.5 Å². The molecule has 0 bridgehead atoms. The average molecular weight is 1170 g/mol. The van der Waals surface area contributed by atoms with Gasteiger partial charge in [0, 0.05) is 44.4 Å². The van der Waals surface area contributed by atoms with Crippen molar-refractivity contribution in [3.05, 3.63) is 242 Å². The number of halogens is 2. The maximum absolute atomic E-state index is 18.8. The molecule has 12 aromatic carbocycles. The molecule has 0 spiro atoms. The van der Waals surface area contributed by atoms with Gasteiger partial charge in [-0.25, -0.2) is 8.78 Å². The maximum Gasteiger partial charge on any atom is 0.155 e. The summed E-state index contributed by atoms with van der Waals surface area (Å²) in [5, 5.41) is 11.5. The fourth-order valence-electron chi connectivity index (χ4n) is 12.2. The van der Waals surface area contributed by atoms with Gasteiger partial charge in [0.2, 0.25) is 0 Å². The van der Waals surface area contributed by atoms with Crippen molar-refractivity contribution in [2.75, 3.05) is 9.80 Å². The van der Waals surface area contributed by atoms with E-state index >= 15 is 8.78 Å². The molecular formula is C76H74F2N2Si4. The Morgan fingerprint density at radius 1 is 0.262 bits per heavy atom. The highest BCUT2D eigenvalue weighted by Gasteiger charge is 2.31. The summed E-state index contributed by atoms with van der Waals surface area (Å²) in [5.41, 5.74) is 10.6. The van der Waals surface area contributed by atoms with Gasteiger partial charge < -0.3 is 9.80 Å². The van der Waals surface area contributed by atoms with E-state index in [4.69, 9.17) is 0 Å². The van der Waals surface area contributed by atoms with E-state index in [1.54, 1.807) is 0 Å². The number of para-hydroxylation sites is 2. The second-order valence-electron chi connectivity index (χ2n) is 26.9. The zero-order valence-corrected chi connectivity index (χ0v) is 54.6. The molecule has 418 valence electrons. The molecule has 0 N–H and O–H groups in total. The van der Waals surface area contributed by atoms with Crippen LogP contribution in [0, 0.1) is 11.6 Å². The Morgan fingerprint density at radius 3 is 0.810 bits per heavy atom. The first-order valence-corrected chi connectivity index (χ1v) is 43.5. The smallest absolute Gasteiger partial charge is 0.155 e. The molecule has 0 unspecified atom stereocenters. The Labute approximate surface area is 500 Å². The third-order valence-corrected chi connectivity index (χ3v) is 25.3. The summed E-state index contributed by atoms with van der Waals surface area (Å²) in [4.78, 5) is 4.30. The topological polar surface area (TPSA) is 6.48 Å². The van der Waals surface area contributed by atoms with Crippen LogP contribution in [0.15, 0.2) is 231 Å². The van der Waals surface area contributed by atoms with E-state index in [2.05, 4.69) is 270 Å². The van der Waals surface area contributed by atoms with Gasteiger partial charge in [-0.05, 0) is 80.2 Å². The zero-order valence-electron chi connectivity index (χ0n) is 50.6. The summed E-state index contributed by atoms with van der Waals surface area (Å²) in [7, 11) is -6.54. The SMILES string of the molecule is C[Si](C)(C)c1ccc(-c2ccc(-c3ccc([Si](C)(C)C)cc3)c(N(c3ccccc3)c3ccc4ccc5c(N(c6ccccc6)c6c(-c7ccc([Si](C)(C)C)cc7)ccc(-c7ccc([Si](C)(C)C)cc7)c6F)ccc6ccc3c4c65)c2F)cc1. The lowest BCUT2D eigenvalue weighted by Crippen LogP contribution is -2.37. The Bertz CT molecular complexity index is 4100. The quantitative estimate of drug-likeness (QED) is 0.0791. The standard InChI is InChI=1S/C76H74F2N2Si4/c1-81(2,3)59-35-23-51(24-36-59)63-45-47-65(53-27-39-61(40-28-53)83(7,8)9)75(73(63)77)79(57-19-15-13-16-20-57)69-49-33-55-32-44-68-70(50-34-56-31-43-67(69)71(55)72(56)68)80(58-21-17-14-18-22-58)76-66(54-29-41-62(42-30-54)84(10,11)12)48-46-64(74(76)78)52-25-37-60(38-26-52)82(4,5)6/h13-50H,1-12H3. The third-order valence-electron chi connectivity index (χ3n) is 17.1. The van der Waals surface area contributed by atoms with Crippen LogP contribution < -0.4 is 30.5 Å². The number of rotatable bonds is 14. The van der Waals surface area contributed by atoms with Gasteiger partial charge in [0.1, 0.15) is 0 Å². The van der Waals surface area contributed by atoms with Crippen molar-refractivity contribution in [1.29, 1.82) is 0 Å². The van der Waals surface area contributed by atoms with E-state index in [-0.39, 0.29) is 11.6 Å². The van der Waals surface area contributed by atoms with E-state index in [0.717, 1.165) is 88.4 Å².